The summed E-state index contributed by atoms with van der Waals surface area (Å²) in [7, 11) is 6.48. The number of ether oxygens (including phenoxy) is 4. The van der Waals surface area contributed by atoms with Gasteiger partial charge in [0, 0.05) is 0 Å². The van der Waals surface area contributed by atoms with E-state index >= 15 is 0 Å². The summed E-state index contributed by atoms with van der Waals surface area (Å²) in [5.41, 5.74) is 1.57. The van der Waals surface area contributed by atoms with Gasteiger partial charge < -0.3 is 24.3 Å². The van der Waals surface area contributed by atoms with Crippen molar-refractivity contribution in [3.05, 3.63) is 47.5 Å². The Balaban J connectivity index is 1.92. The number of aryl methyl sites for hydroxylation is 1. The van der Waals surface area contributed by atoms with Gasteiger partial charge in [-0.25, -0.2) is 0 Å². The Morgan fingerprint density at radius 2 is 1.56 bits per heavy atom. The van der Waals surface area contributed by atoms with Gasteiger partial charge in [0.15, 0.2) is 11.5 Å². The molecular weight excluding hydrogens is 428 g/mol. The fourth-order valence-corrected chi connectivity index (χ4v) is 4.38. The average Bonchev–Trinajstić information content (AvgIpc) is 2.86. The number of nitrogens with one attached hydrogen (secondary N) is 1. The maximum absolute atomic E-state index is 10.3. The molecule has 0 bridgehead atoms. The molecule has 2 aromatic rings. The van der Waals surface area contributed by atoms with E-state index in [9.17, 15) is 5.26 Å². The Bertz CT molecular complexity index is 913. The highest BCUT2D eigenvalue weighted by Gasteiger charge is 2.37. The molecule has 0 aliphatic carbocycles. The maximum Gasteiger partial charge on any atom is 0.203 e. The van der Waals surface area contributed by atoms with Crippen molar-refractivity contribution in [2.45, 2.75) is 51.4 Å². The topological polar surface area (TPSA) is 72.7 Å². The number of hydrogen-bond acceptors (Lipinski definition) is 6. The number of methoxy groups -OCH3 is 4. The molecule has 0 aromatic heterocycles. The Morgan fingerprint density at radius 3 is 2.12 bits per heavy atom. The van der Waals surface area contributed by atoms with E-state index in [2.05, 4.69) is 37.4 Å². The normalized spacial score (nSPS) is 12.6. The Labute approximate surface area is 205 Å². The van der Waals surface area contributed by atoms with E-state index < -0.39 is 5.41 Å². The second-order valence-corrected chi connectivity index (χ2v) is 8.81. The van der Waals surface area contributed by atoms with Crippen LogP contribution in [0.25, 0.3) is 0 Å². The number of nitriles is 1. The number of rotatable bonds is 15. The van der Waals surface area contributed by atoms with Crippen LogP contribution in [-0.2, 0) is 11.8 Å². The standard InChI is InChI=1S/C28H40N2O4/c1-21(2)28(20-29,23-18-25(32-4)27(34-6)26(19-23)33-5)14-10-16-30-15-8-7-11-22-12-9-13-24(17-22)31-3/h9,12-13,17-19,21,30H,7-8,10-11,14-16H2,1-6H3. The smallest absolute Gasteiger partial charge is 0.203 e. The number of unbranched alkanes of at least 4 members (excludes halogenated alkanes) is 1. The van der Waals surface area contributed by atoms with Crippen molar-refractivity contribution in [2.24, 2.45) is 5.92 Å². The monoisotopic (exact) mass is 468 g/mol. The summed E-state index contributed by atoms with van der Waals surface area (Å²) in [5, 5.41) is 13.8. The second-order valence-electron chi connectivity index (χ2n) is 8.81. The van der Waals surface area contributed by atoms with Gasteiger partial charge in [0.2, 0.25) is 5.75 Å². The summed E-state index contributed by atoms with van der Waals surface area (Å²) in [5.74, 6) is 2.73. The first-order valence-electron chi connectivity index (χ1n) is 12.0. The van der Waals surface area contributed by atoms with Gasteiger partial charge >= 0.3 is 0 Å². The zero-order valence-electron chi connectivity index (χ0n) is 21.6. The molecule has 1 unspecified atom stereocenters. The van der Waals surface area contributed by atoms with Gasteiger partial charge in [-0.1, -0.05) is 26.0 Å². The second kappa shape index (κ2) is 13.7. The first-order valence-corrected chi connectivity index (χ1v) is 12.0. The summed E-state index contributed by atoms with van der Waals surface area (Å²) in [6.45, 7) is 6.03. The average molecular weight is 469 g/mol. The summed E-state index contributed by atoms with van der Waals surface area (Å²) >= 11 is 0. The first-order chi connectivity index (χ1) is 16.4. The van der Waals surface area contributed by atoms with E-state index in [0.29, 0.717) is 17.2 Å². The van der Waals surface area contributed by atoms with Gasteiger partial charge in [-0.05, 0) is 86.5 Å². The predicted octanol–water partition coefficient (Wildman–Crippen LogP) is 5.53. The largest absolute Gasteiger partial charge is 0.497 e. The lowest BCUT2D eigenvalue weighted by Gasteiger charge is -2.32. The van der Waals surface area contributed by atoms with Crippen molar-refractivity contribution < 1.29 is 18.9 Å². The molecule has 186 valence electrons. The maximum atomic E-state index is 10.3. The van der Waals surface area contributed by atoms with E-state index in [1.54, 1.807) is 28.4 Å². The van der Waals surface area contributed by atoms with Crippen molar-refractivity contribution in [3.8, 4) is 29.1 Å². The minimum absolute atomic E-state index is 0.128. The van der Waals surface area contributed by atoms with Crippen LogP contribution in [0.2, 0.25) is 0 Å². The molecule has 1 N–H and O–H groups in total. The summed E-state index contributed by atoms with van der Waals surface area (Å²) < 4.78 is 21.8. The molecule has 0 radical (unpaired) electrons. The third kappa shape index (κ3) is 6.80. The lowest BCUT2D eigenvalue weighted by molar-refractivity contribution is 0.316. The van der Waals surface area contributed by atoms with Crippen LogP contribution in [0.15, 0.2) is 36.4 Å². The SMILES string of the molecule is COc1cccc(CCCCNCCCC(C#N)(c2cc(OC)c(OC)c(OC)c2)C(C)C)c1. The van der Waals surface area contributed by atoms with Crippen LogP contribution in [0.5, 0.6) is 23.0 Å². The third-order valence-corrected chi connectivity index (χ3v) is 6.49. The van der Waals surface area contributed by atoms with Crippen molar-refractivity contribution in [1.29, 1.82) is 5.26 Å². The third-order valence-electron chi connectivity index (χ3n) is 6.49. The van der Waals surface area contributed by atoms with E-state index in [-0.39, 0.29) is 5.92 Å². The van der Waals surface area contributed by atoms with Crippen molar-refractivity contribution >= 4 is 0 Å². The summed E-state index contributed by atoms with van der Waals surface area (Å²) in [4.78, 5) is 0. The van der Waals surface area contributed by atoms with E-state index in [0.717, 1.165) is 56.5 Å². The minimum Gasteiger partial charge on any atom is -0.497 e. The number of hydrogen-bond donors (Lipinski definition) is 1. The quantitative estimate of drug-likeness (QED) is 0.347. The molecule has 0 spiro atoms. The Hall–Kier alpha value is -2.91. The van der Waals surface area contributed by atoms with Gasteiger partial charge in [-0.3, -0.25) is 0 Å². The molecule has 2 rings (SSSR count). The molecule has 0 heterocycles. The van der Waals surface area contributed by atoms with Crippen LogP contribution in [0, 0.1) is 17.2 Å². The lowest BCUT2D eigenvalue weighted by Crippen LogP contribution is -2.32. The highest BCUT2D eigenvalue weighted by Crippen LogP contribution is 2.45. The van der Waals surface area contributed by atoms with Crippen molar-refractivity contribution in [2.75, 3.05) is 41.5 Å². The lowest BCUT2D eigenvalue weighted by atomic mass is 9.69. The molecule has 6 heteroatoms. The van der Waals surface area contributed by atoms with E-state index in [1.807, 2.05) is 24.3 Å². The molecule has 0 saturated heterocycles. The van der Waals surface area contributed by atoms with Crippen molar-refractivity contribution in [3.63, 3.8) is 0 Å². The van der Waals surface area contributed by atoms with Crippen LogP contribution < -0.4 is 24.3 Å². The fraction of sp³-hybridized carbons (Fsp3) is 0.536. The Morgan fingerprint density at radius 1 is 0.882 bits per heavy atom. The Kier molecular flexibility index (Phi) is 11.0. The first kappa shape index (κ1) is 27.3. The van der Waals surface area contributed by atoms with Crippen LogP contribution in [0.1, 0.15) is 50.7 Å². The van der Waals surface area contributed by atoms with Crippen LogP contribution in [0.4, 0.5) is 0 Å². The zero-order chi connectivity index (χ0) is 25.0. The minimum atomic E-state index is -0.638. The molecule has 0 amide bonds. The van der Waals surface area contributed by atoms with Gasteiger partial charge in [-0.2, -0.15) is 5.26 Å². The molecule has 34 heavy (non-hydrogen) atoms. The molecule has 2 aromatic carbocycles. The molecule has 0 fully saturated rings. The van der Waals surface area contributed by atoms with Crippen LogP contribution in [0.3, 0.4) is 0 Å². The molecule has 0 aliphatic rings. The summed E-state index contributed by atoms with van der Waals surface area (Å²) in [6, 6.07) is 14.7. The fourth-order valence-electron chi connectivity index (χ4n) is 4.38. The molecule has 1 atom stereocenters. The highest BCUT2D eigenvalue weighted by atomic mass is 16.5. The highest BCUT2D eigenvalue weighted by molar-refractivity contribution is 5.56. The molecule has 0 saturated carbocycles. The van der Waals surface area contributed by atoms with Gasteiger partial charge in [0.05, 0.1) is 39.9 Å². The van der Waals surface area contributed by atoms with Gasteiger partial charge in [-0.15, -0.1) is 0 Å². The van der Waals surface area contributed by atoms with Crippen LogP contribution in [-0.4, -0.2) is 41.5 Å². The number of benzene rings is 2. The van der Waals surface area contributed by atoms with E-state index in [4.69, 9.17) is 18.9 Å². The summed E-state index contributed by atoms with van der Waals surface area (Å²) in [6.07, 6.45) is 4.93. The van der Waals surface area contributed by atoms with E-state index in [1.165, 1.54) is 5.56 Å². The van der Waals surface area contributed by atoms with Gasteiger partial charge in [0.1, 0.15) is 5.75 Å². The molecular formula is C28H40N2O4. The zero-order valence-corrected chi connectivity index (χ0v) is 21.6. The van der Waals surface area contributed by atoms with Crippen LogP contribution >= 0.6 is 0 Å². The van der Waals surface area contributed by atoms with Gasteiger partial charge in [0.25, 0.3) is 0 Å². The van der Waals surface area contributed by atoms with Crippen molar-refractivity contribution in [1.82, 2.24) is 5.32 Å². The molecule has 6 nitrogen and oxygen atoms in total. The number of nitrogens with zero attached hydrogens (tertiary/aromatic N) is 1. The molecule has 0 aliphatic heterocycles. The predicted molar refractivity (Wildman–Crippen MR) is 136 cm³/mol.